The highest BCUT2D eigenvalue weighted by atomic mass is 35.5. The summed E-state index contributed by atoms with van der Waals surface area (Å²) < 4.78 is 5.57. The number of halogens is 2. The highest BCUT2D eigenvalue weighted by Gasteiger charge is 2.18. The molecule has 0 saturated carbocycles. The lowest BCUT2D eigenvalue weighted by Gasteiger charge is -2.16. The molecule has 0 aliphatic heterocycles. The fraction of sp³-hybridized carbons (Fsp3) is 0.286. The molecule has 0 aliphatic rings. The van der Waals surface area contributed by atoms with Gasteiger partial charge in [-0.1, -0.05) is 23.2 Å². The standard InChI is InChI=1S/C14H15Cl2NO/c1-8-4-13(9(2)18-8)14(17-3)10-5-11(15)7-12(16)6-10/h4-7,14,17H,1-3H3. The first-order valence-electron chi connectivity index (χ1n) is 5.71. The van der Waals surface area contributed by atoms with Crippen LogP contribution in [0.25, 0.3) is 0 Å². The van der Waals surface area contributed by atoms with Crippen molar-refractivity contribution in [3.63, 3.8) is 0 Å². The van der Waals surface area contributed by atoms with Gasteiger partial charge in [0.1, 0.15) is 11.5 Å². The van der Waals surface area contributed by atoms with E-state index in [1.165, 1.54) is 0 Å². The van der Waals surface area contributed by atoms with E-state index in [0.29, 0.717) is 10.0 Å². The summed E-state index contributed by atoms with van der Waals surface area (Å²) in [5.74, 6) is 1.80. The molecule has 2 rings (SSSR count). The van der Waals surface area contributed by atoms with Crippen LogP contribution in [0.2, 0.25) is 10.0 Å². The Kier molecular flexibility index (Phi) is 4.00. The predicted molar refractivity (Wildman–Crippen MR) is 75.5 cm³/mol. The third-order valence-corrected chi connectivity index (χ3v) is 3.33. The molecule has 1 atom stereocenters. The lowest BCUT2D eigenvalue weighted by molar-refractivity contribution is 0.497. The average molecular weight is 284 g/mol. The minimum absolute atomic E-state index is 0.0265. The summed E-state index contributed by atoms with van der Waals surface area (Å²) in [4.78, 5) is 0. The quantitative estimate of drug-likeness (QED) is 0.897. The third kappa shape index (κ3) is 2.72. The molecule has 1 aromatic heterocycles. The maximum absolute atomic E-state index is 6.05. The van der Waals surface area contributed by atoms with Crippen molar-refractivity contribution in [1.82, 2.24) is 5.32 Å². The number of furan rings is 1. The molecule has 96 valence electrons. The molecule has 18 heavy (non-hydrogen) atoms. The molecule has 2 nitrogen and oxygen atoms in total. The molecule has 0 radical (unpaired) electrons. The van der Waals surface area contributed by atoms with Crippen molar-refractivity contribution in [1.29, 1.82) is 0 Å². The van der Waals surface area contributed by atoms with E-state index >= 15 is 0 Å². The van der Waals surface area contributed by atoms with Gasteiger partial charge in [0, 0.05) is 15.6 Å². The Hall–Kier alpha value is -0.960. The van der Waals surface area contributed by atoms with E-state index in [0.717, 1.165) is 22.6 Å². The summed E-state index contributed by atoms with van der Waals surface area (Å²) in [6, 6.07) is 7.61. The van der Waals surface area contributed by atoms with Crippen LogP contribution in [-0.2, 0) is 0 Å². The Morgan fingerprint density at radius 1 is 1.06 bits per heavy atom. The van der Waals surface area contributed by atoms with Crippen LogP contribution in [0.4, 0.5) is 0 Å². The topological polar surface area (TPSA) is 25.2 Å². The third-order valence-electron chi connectivity index (χ3n) is 2.90. The summed E-state index contributed by atoms with van der Waals surface area (Å²) in [6.45, 7) is 3.90. The molecule has 1 N–H and O–H groups in total. The highest BCUT2D eigenvalue weighted by Crippen LogP contribution is 2.30. The number of nitrogens with one attached hydrogen (secondary N) is 1. The second-order valence-corrected chi connectivity index (χ2v) is 5.17. The largest absolute Gasteiger partial charge is 0.466 e. The predicted octanol–water partition coefficient (Wildman–Crippen LogP) is 4.51. The van der Waals surface area contributed by atoms with Crippen LogP contribution < -0.4 is 5.32 Å². The lowest BCUT2D eigenvalue weighted by Crippen LogP contribution is -2.17. The Balaban J connectivity index is 2.48. The average Bonchev–Trinajstić information content (AvgIpc) is 2.58. The summed E-state index contributed by atoms with van der Waals surface area (Å²) in [5, 5.41) is 4.54. The van der Waals surface area contributed by atoms with Crippen molar-refractivity contribution < 1.29 is 4.42 Å². The summed E-state index contributed by atoms with van der Waals surface area (Å²) in [5.41, 5.74) is 2.13. The molecule has 0 fully saturated rings. The van der Waals surface area contributed by atoms with Crippen LogP contribution in [0.5, 0.6) is 0 Å². The number of hydrogen-bond acceptors (Lipinski definition) is 2. The first-order chi connectivity index (χ1) is 8.51. The van der Waals surface area contributed by atoms with E-state index < -0.39 is 0 Å². The monoisotopic (exact) mass is 283 g/mol. The number of hydrogen-bond donors (Lipinski definition) is 1. The second kappa shape index (κ2) is 5.35. The van der Waals surface area contributed by atoms with Crippen molar-refractivity contribution in [2.75, 3.05) is 7.05 Å². The first-order valence-corrected chi connectivity index (χ1v) is 6.47. The fourth-order valence-corrected chi connectivity index (χ4v) is 2.72. The van der Waals surface area contributed by atoms with E-state index in [9.17, 15) is 0 Å². The van der Waals surface area contributed by atoms with E-state index in [1.54, 1.807) is 6.07 Å². The minimum Gasteiger partial charge on any atom is -0.466 e. The van der Waals surface area contributed by atoms with Crippen LogP contribution >= 0.6 is 23.2 Å². The van der Waals surface area contributed by atoms with Crippen molar-refractivity contribution in [3.8, 4) is 0 Å². The molecule has 0 aliphatic carbocycles. The maximum atomic E-state index is 6.05. The van der Waals surface area contributed by atoms with Crippen molar-refractivity contribution in [2.45, 2.75) is 19.9 Å². The van der Waals surface area contributed by atoms with Gasteiger partial charge in [0.2, 0.25) is 0 Å². The molecule has 0 spiro atoms. The van der Waals surface area contributed by atoms with Crippen molar-refractivity contribution in [3.05, 3.63) is 57.0 Å². The van der Waals surface area contributed by atoms with Gasteiger partial charge in [-0.2, -0.15) is 0 Å². The Morgan fingerprint density at radius 3 is 2.11 bits per heavy atom. The normalized spacial score (nSPS) is 12.7. The van der Waals surface area contributed by atoms with Crippen molar-refractivity contribution >= 4 is 23.2 Å². The fourth-order valence-electron chi connectivity index (χ4n) is 2.18. The van der Waals surface area contributed by atoms with E-state index in [1.807, 2.05) is 39.1 Å². The first kappa shape index (κ1) is 13.5. The number of aryl methyl sites for hydroxylation is 2. The zero-order valence-electron chi connectivity index (χ0n) is 10.6. The van der Waals surface area contributed by atoms with Gasteiger partial charge < -0.3 is 9.73 Å². The highest BCUT2D eigenvalue weighted by molar-refractivity contribution is 6.34. The molecule has 0 bridgehead atoms. The van der Waals surface area contributed by atoms with E-state index in [4.69, 9.17) is 27.6 Å². The Morgan fingerprint density at radius 2 is 1.67 bits per heavy atom. The summed E-state index contributed by atoms with van der Waals surface area (Å²) >= 11 is 12.1. The second-order valence-electron chi connectivity index (χ2n) is 4.29. The van der Waals surface area contributed by atoms with Gasteiger partial charge in [-0.05, 0) is 50.7 Å². The van der Waals surface area contributed by atoms with E-state index in [-0.39, 0.29) is 6.04 Å². The number of benzene rings is 1. The van der Waals surface area contributed by atoms with E-state index in [2.05, 4.69) is 5.32 Å². The molecule has 1 heterocycles. The van der Waals surface area contributed by atoms with Gasteiger partial charge in [0.05, 0.1) is 6.04 Å². The van der Waals surface area contributed by atoms with Crippen LogP contribution in [0.3, 0.4) is 0 Å². The molecule has 1 unspecified atom stereocenters. The van der Waals surface area contributed by atoms with Crippen LogP contribution in [0, 0.1) is 13.8 Å². The molecule has 1 aromatic carbocycles. The lowest BCUT2D eigenvalue weighted by atomic mass is 9.99. The van der Waals surface area contributed by atoms with Gasteiger partial charge in [-0.3, -0.25) is 0 Å². The van der Waals surface area contributed by atoms with Crippen LogP contribution in [0.15, 0.2) is 28.7 Å². The molecular formula is C14H15Cl2NO. The summed E-state index contributed by atoms with van der Waals surface area (Å²) in [6.07, 6.45) is 0. The van der Waals surface area contributed by atoms with Gasteiger partial charge >= 0.3 is 0 Å². The smallest absolute Gasteiger partial charge is 0.106 e. The molecule has 2 aromatic rings. The van der Waals surface area contributed by atoms with Crippen LogP contribution in [-0.4, -0.2) is 7.05 Å². The van der Waals surface area contributed by atoms with Gasteiger partial charge in [0.15, 0.2) is 0 Å². The van der Waals surface area contributed by atoms with Gasteiger partial charge in [-0.25, -0.2) is 0 Å². The zero-order valence-corrected chi connectivity index (χ0v) is 12.1. The Bertz CT molecular complexity index is 543. The van der Waals surface area contributed by atoms with Gasteiger partial charge in [0.25, 0.3) is 0 Å². The van der Waals surface area contributed by atoms with Crippen molar-refractivity contribution in [2.24, 2.45) is 0 Å². The van der Waals surface area contributed by atoms with Gasteiger partial charge in [-0.15, -0.1) is 0 Å². The minimum atomic E-state index is 0.0265. The molecule has 0 saturated heterocycles. The zero-order chi connectivity index (χ0) is 13.3. The molecular weight excluding hydrogens is 269 g/mol. The molecule has 0 amide bonds. The summed E-state index contributed by atoms with van der Waals surface area (Å²) in [7, 11) is 1.90. The SMILES string of the molecule is CNC(c1cc(Cl)cc(Cl)c1)c1cc(C)oc1C. The molecule has 4 heteroatoms. The number of rotatable bonds is 3. The van der Waals surface area contributed by atoms with Crippen LogP contribution in [0.1, 0.15) is 28.7 Å². The maximum Gasteiger partial charge on any atom is 0.106 e. The Labute approximate surface area is 117 Å².